The van der Waals surface area contributed by atoms with Gasteiger partial charge in [-0.25, -0.2) is 9.67 Å². The van der Waals surface area contributed by atoms with Gasteiger partial charge in [0.25, 0.3) is 5.56 Å². The Balaban J connectivity index is 1.77. The molecule has 0 aliphatic rings. The largest absolute Gasteiger partial charge is 0.497 e. The van der Waals surface area contributed by atoms with Crippen molar-refractivity contribution in [2.24, 2.45) is 0 Å². The molecule has 37 heavy (non-hydrogen) atoms. The SMILES string of the molecule is COc1ccc(Cn2c(-c3cc(OC)c(OC)c(OC)c3)nc3c(cnn3-c3ccccc3)c2=O)cc1. The van der Waals surface area contributed by atoms with Gasteiger partial charge in [-0.15, -0.1) is 0 Å². The van der Waals surface area contributed by atoms with Crippen molar-refractivity contribution in [2.45, 2.75) is 6.54 Å². The molecule has 0 fully saturated rings. The fourth-order valence-corrected chi connectivity index (χ4v) is 4.25. The van der Waals surface area contributed by atoms with E-state index in [1.54, 1.807) is 56.0 Å². The lowest BCUT2D eigenvalue weighted by Crippen LogP contribution is -2.24. The predicted molar refractivity (Wildman–Crippen MR) is 140 cm³/mol. The van der Waals surface area contributed by atoms with Crippen LogP contribution in [-0.2, 0) is 6.54 Å². The maximum atomic E-state index is 13.9. The van der Waals surface area contributed by atoms with Crippen LogP contribution in [0.5, 0.6) is 23.0 Å². The number of ether oxygens (including phenoxy) is 4. The lowest BCUT2D eigenvalue weighted by Gasteiger charge is -2.17. The molecule has 0 aliphatic carbocycles. The van der Waals surface area contributed by atoms with Crippen molar-refractivity contribution in [1.29, 1.82) is 0 Å². The number of hydrogen-bond acceptors (Lipinski definition) is 7. The average Bonchev–Trinajstić information content (AvgIpc) is 3.38. The Morgan fingerprint density at radius 2 is 1.49 bits per heavy atom. The zero-order valence-corrected chi connectivity index (χ0v) is 21.0. The first-order valence-electron chi connectivity index (χ1n) is 11.5. The summed E-state index contributed by atoms with van der Waals surface area (Å²) in [5.41, 5.74) is 2.57. The summed E-state index contributed by atoms with van der Waals surface area (Å²) in [4.78, 5) is 18.9. The lowest BCUT2D eigenvalue weighted by molar-refractivity contribution is 0.324. The van der Waals surface area contributed by atoms with Gasteiger partial charge < -0.3 is 18.9 Å². The minimum absolute atomic E-state index is 0.216. The van der Waals surface area contributed by atoms with Crippen LogP contribution in [-0.4, -0.2) is 47.8 Å². The quantitative estimate of drug-likeness (QED) is 0.315. The van der Waals surface area contributed by atoms with E-state index in [-0.39, 0.29) is 12.1 Å². The molecule has 0 aliphatic heterocycles. The van der Waals surface area contributed by atoms with Crippen LogP contribution in [0.2, 0.25) is 0 Å². The standard InChI is InChI=1S/C28H26N4O5/c1-34-21-12-10-18(11-13-21)17-31-26(19-14-23(35-2)25(37-4)24(15-19)36-3)30-27-22(28(31)33)16-29-32(27)20-8-6-5-7-9-20/h5-16H,17H2,1-4H3. The Hall–Kier alpha value is -4.79. The van der Waals surface area contributed by atoms with E-state index < -0.39 is 0 Å². The monoisotopic (exact) mass is 498 g/mol. The Morgan fingerprint density at radius 3 is 2.08 bits per heavy atom. The van der Waals surface area contributed by atoms with Crippen molar-refractivity contribution < 1.29 is 18.9 Å². The van der Waals surface area contributed by atoms with E-state index >= 15 is 0 Å². The molecule has 9 nitrogen and oxygen atoms in total. The summed E-state index contributed by atoms with van der Waals surface area (Å²) >= 11 is 0. The van der Waals surface area contributed by atoms with Crippen LogP contribution in [0.15, 0.2) is 77.7 Å². The molecule has 0 atom stereocenters. The molecule has 0 saturated heterocycles. The second-order valence-electron chi connectivity index (χ2n) is 8.22. The van der Waals surface area contributed by atoms with Crippen LogP contribution in [0.1, 0.15) is 5.56 Å². The summed E-state index contributed by atoms with van der Waals surface area (Å²) in [6.45, 7) is 0.286. The Bertz CT molecular complexity index is 1580. The number of benzene rings is 3. The summed E-state index contributed by atoms with van der Waals surface area (Å²) in [7, 11) is 6.26. The van der Waals surface area contributed by atoms with E-state index in [9.17, 15) is 4.79 Å². The number of methoxy groups -OCH3 is 4. The van der Waals surface area contributed by atoms with Gasteiger partial charge in [-0.3, -0.25) is 9.36 Å². The highest BCUT2D eigenvalue weighted by atomic mass is 16.5. The zero-order chi connectivity index (χ0) is 25.9. The summed E-state index contributed by atoms with van der Waals surface area (Å²) in [5.74, 6) is 2.54. The Kier molecular flexibility index (Phi) is 6.51. The van der Waals surface area contributed by atoms with E-state index in [0.717, 1.165) is 17.0 Å². The summed E-state index contributed by atoms with van der Waals surface area (Å²) < 4.78 is 25.2. The smallest absolute Gasteiger partial charge is 0.265 e. The second kappa shape index (κ2) is 10.1. The molecule has 0 unspecified atom stereocenters. The molecule has 0 spiro atoms. The van der Waals surface area contributed by atoms with Crippen LogP contribution in [0.3, 0.4) is 0 Å². The minimum Gasteiger partial charge on any atom is -0.497 e. The molecule has 0 radical (unpaired) electrons. The molecule has 0 N–H and O–H groups in total. The van der Waals surface area contributed by atoms with Crippen molar-refractivity contribution in [3.05, 3.63) is 88.8 Å². The molecule has 188 valence electrons. The third kappa shape index (κ3) is 4.35. The van der Waals surface area contributed by atoms with Gasteiger partial charge in [0.1, 0.15) is 17.0 Å². The fourth-order valence-electron chi connectivity index (χ4n) is 4.25. The zero-order valence-electron chi connectivity index (χ0n) is 21.0. The molecular formula is C28H26N4O5. The third-order valence-corrected chi connectivity index (χ3v) is 6.11. The minimum atomic E-state index is -0.216. The Morgan fingerprint density at radius 1 is 0.811 bits per heavy atom. The van der Waals surface area contributed by atoms with E-state index in [1.165, 1.54) is 0 Å². The first-order valence-corrected chi connectivity index (χ1v) is 11.5. The summed E-state index contributed by atoms with van der Waals surface area (Å²) in [5, 5.41) is 4.89. The molecule has 0 bridgehead atoms. The lowest BCUT2D eigenvalue weighted by atomic mass is 10.1. The molecular weight excluding hydrogens is 472 g/mol. The highest BCUT2D eigenvalue weighted by Crippen LogP contribution is 2.41. The van der Waals surface area contributed by atoms with Crippen molar-refractivity contribution >= 4 is 11.0 Å². The van der Waals surface area contributed by atoms with Crippen LogP contribution in [0, 0.1) is 0 Å². The van der Waals surface area contributed by atoms with Gasteiger partial charge in [0.05, 0.1) is 46.9 Å². The fraction of sp³-hybridized carbons (Fsp3) is 0.179. The normalized spacial score (nSPS) is 10.9. The van der Waals surface area contributed by atoms with Gasteiger partial charge in [0.15, 0.2) is 17.1 Å². The number of nitrogens with zero attached hydrogens (tertiary/aromatic N) is 4. The molecule has 0 amide bonds. The number of para-hydroxylation sites is 1. The van der Waals surface area contributed by atoms with E-state index in [2.05, 4.69) is 5.10 Å². The average molecular weight is 499 g/mol. The van der Waals surface area contributed by atoms with Crippen molar-refractivity contribution in [1.82, 2.24) is 19.3 Å². The molecule has 9 heteroatoms. The topological polar surface area (TPSA) is 89.6 Å². The van der Waals surface area contributed by atoms with Crippen LogP contribution in [0.25, 0.3) is 28.1 Å². The molecule has 0 saturated carbocycles. The number of fused-ring (bicyclic) bond motifs is 1. The van der Waals surface area contributed by atoms with Gasteiger partial charge >= 0.3 is 0 Å². The third-order valence-electron chi connectivity index (χ3n) is 6.11. The molecule has 2 aromatic heterocycles. The van der Waals surface area contributed by atoms with Crippen LogP contribution < -0.4 is 24.5 Å². The highest BCUT2D eigenvalue weighted by Gasteiger charge is 2.21. The number of aromatic nitrogens is 4. The van der Waals surface area contributed by atoms with E-state index in [1.807, 2.05) is 54.6 Å². The van der Waals surface area contributed by atoms with Gasteiger partial charge in [0.2, 0.25) is 5.75 Å². The Labute approximate surface area is 213 Å². The van der Waals surface area contributed by atoms with Gasteiger partial charge in [-0.1, -0.05) is 30.3 Å². The maximum Gasteiger partial charge on any atom is 0.265 e. The predicted octanol–water partition coefficient (Wildman–Crippen LogP) is 4.33. The first-order chi connectivity index (χ1) is 18.1. The van der Waals surface area contributed by atoms with Crippen LogP contribution >= 0.6 is 0 Å². The first kappa shape index (κ1) is 23.9. The second-order valence-corrected chi connectivity index (χ2v) is 8.22. The van der Waals surface area contributed by atoms with Crippen molar-refractivity contribution in [3.63, 3.8) is 0 Å². The van der Waals surface area contributed by atoms with E-state index in [4.69, 9.17) is 23.9 Å². The summed E-state index contributed by atoms with van der Waals surface area (Å²) in [6, 6.07) is 20.7. The number of hydrogen-bond donors (Lipinski definition) is 0. The van der Waals surface area contributed by atoms with Gasteiger partial charge in [-0.05, 0) is 42.0 Å². The molecule has 3 aromatic carbocycles. The van der Waals surface area contributed by atoms with Gasteiger partial charge in [-0.2, -0.15) is 5.10 Å². The molecule has 5 rings (SSSR count). The molecule has 2 heterocycles. The van der Waals surface area contributed by atoms with Gasteiger partial charge in [0, 0.05) is 5.56 Å². The van der Waals surface area contributed by atoms with Crippen LogP contribution in [0.4, 0.5) is 0 Å². The summed E-state index contributed by atoms with van der Waals surface area (Å²) in [6.07, 6.45) is 1.56. The highest BCUT2D eigenvalue weighted by molar-refractivity contribution is 5.79. The van der Waals surface area contributed by atoms with Crippen molar-refractivity contribution in [3.8, 4) is 40.1 Å². The number of rotatable bonds is 8. The van der Waals surface area contributed by atoms with Crippen molar-refractivity contribution in [2.75, 3.05) is 28.4 Å². The van der Waals surface area contributed by atoms with E-state index in [0.29, 0.717) is 39.7 Å². The molecule has 5 aromatic rings. The maximum absolute atomic E-state index is 13.9.